The number of aryl methyl sites for hydroxylation is 1. The predicted molar refractivity (Wildman–Crippen MR) is 72.8 cm³/mol. The SMILES string of the molecule is COC(=O)CCc1ccc(C(=O)NCC(C)N)cc1. The van der Waals surface area contributed by atoms with Crippen molar-refractivity contribution in [1.29, 1.82) is 0 Å². The Balaban J connectivity index is 2.51. The van der Waals surface area contributed by atoms with Crippen LogP contribution < -0.4 is 11.1 Å². The third kappa shape index (κ3) is 5.52. The Morgan fingerprint density at radius 3 is 2.47 bits per heavy atom. The second-order valence-corrected chi connectivity index (χ2v) is 4.46. The Bertz CT molecular complexity index is 427. The quantitative estimate of drug-likeness (QED) is 0.747. The molecule has 19 heavy (non-hydrogen) atoms. The average Bonchev–Trinajstić information content (AvgIpc) is 2.42. The number of esters is 1. The van der Waals surface area contributed by atoms with Crippen molar-refractivity contribution in [3.8, 4) is 0 Å². The molecule has 0 aliphatic heterocycles. The van der Waals surface area contributed by atoms with Crippen LogP contribution in [-0.4, -0.2) is 31.6 Å². The Morgan fingerprint density at radius 1 is 1.32 bits per heavy atom. The van der Waals surface area contributed by atoms with Crippen LogP contribution in [0.2, 0.25) is 0 Å². The normalized spacial score (nSPS) is 11.7. The number of ether oxygens (including phenoxy) is 1. The van der Waals surface area contributed by atoms with E-state index in [4.69, 9.17) is 5.73 Å². The minimum atomic E-state index is -0.237. The second kappa shape index (κ2) is 7.53. The zero-order chi connectivity index (χ0) is 14.3. The zero-order valence-corrected chi connectivity index (χ0v) is 11.3. The summed E-state index contributed by atoms with van der Waals surface area (Å²) in [5, 5.41) is 2.74. The Labute approximate surface area is 113 Å². The number of amides is 1. The number of nitrogens with one attached hydrogen (secondary N) is 1. The smallest absolute Gasteiger partial charge is 0.305 e. The fourth-order valence-electron chi connectivity index (χ4n) is 1.53. The van der Waals surface area contributed by atoms with Gasteiger partial charge in [-0.25, -0.2) is 0 Å². The van der Waals surface area contributed by atoms with E-state index in [1.807, 2.05) is 19.1 Å². The number of carbonyl (C=O) groups excluding carboxylic acids is 2. The summed E-state index contributed by atoms with van der Waals surface area (Å²) < 4.78 is 4.57. The molecule has 3 N–H and O–H groups in total. The van der Waals surface area contributed by atoms with Crippen LogP contribution in [-0.2, 0) is 16.0 Å². The first-order valence-corrected chi connectivity index (χ1v) is 6.22. The maximum absolute atomic E-state index is 11.7. The number of methoxy groups -OCH3 is 1. The average molecular weight is 264 g/mol. The van der Waals surface area contributed by atoms with Crippen molar-refractivity contribution in [2.24, 2.45) is 5.73 Å². The van der Waals surface area contributed by atoms with Gasteiger partial charge in [-0.3, -0.25) is 9.59 Å². The lowest BCUT2D eigenvalue weighted by Crippen LogP contribution is -2.35. The zero-order valence-electron chi connectivity index (χ0n) is 11.3. The van der Waals surface area contributed by atoms with Crippen molar-refractivity contribution < 1.29 is 14.3 Å². The molecule has 0 radical (unpaired) electrons. The van der Waals surface area contributed by atoms with Gasteiger partial charge in [0, 0.05) is 24.6 Å². The van der Waals surface area contributed by atoms with Crippen LogP contribution in [0.3, 0.4) is 0 Å². The van der Waals surface area contributed by atoms with E-state index in [9.17, 15) is 9.59 Å². The molecule has 0 aliphatic rings. The van der Waals surface area contributed by atoms with Crippen molar-refractivity contribution in [3.63, 3.8) is 0 Å². The van der Waals surface area contributed by atoms with Crippen molar-refractivity contribution >= 4 is 11.9 Å². The Morgan fingerprint density at radius 2 is 1.95 bits per heavy atom. The molecule has 1 amide bonds. The number of rotatable bonds is 6. The molecule has 5 heteroatoms. The summed E-state index contributed by atoms with van der Waals surface area (Å²) in [6, 6.07) is 7.09. The molecule has 1 atom stereocenters. The third-order valence-corrected chi connectivity index (χ3v) is 2.65. The summed E-state index contributed by atoms with van der Waals surface area (Å²) in [6.07, 6.45) is 0.946. The van der Waals surface area contributed by atoms with Gasteiger partial charge >= 0.3 is 5.97 Å². The number of carbonyl (C=O) groups is 2. The number of nitrogens with two attached hydrogens (primary N) is 1. The monoisotopic (exact) mass is 264 g/mol. The second-order valence-electron chi connectivity index (χ2n) is 4.46. The highest BCUT2D eigenvalue weighted by Gasteiger charge is 2.06. The van der Waals surface area contributed by atoms with Crippen molar-refractivity contribution in [2.75, 3.05) is 13.7 Å². The Hall–Kier alpha value is -1.88. The lowest BCUT2D eigenvalue weighted by Gasteiger charge is -2.08. The highest BCUT2D eigenvalue weighted by Crippen LogP contribution is 2.07. The highest BCUT2D eigenvalue weighted by molar-refractivity contribution is 5.94. The molecule has 0 fully saturated rings. The first-order chi connectivity index (χ1) is 9.02. The summed E-state index contributed by atoms with van der Waals surface area (Å²) in [6.45, 7) is 2.28. The van der Waals surface area contributed by atoms with Gasteiger partial charge in [-0.05, 0) is 31.0 Å². The Kier molecular flexibility index (Phi) is 6.02. The molecule has 1 aromatic carbocycles. The van der Waals surface area contributed by atoms with Crippen molar-refractivity contribution in [3.05, 3.63) is 35.4 Å². The van der Waals surface area contributed by atoms with Gasteiger partial charge in [-0.15, -0.1) is 0 Å². The molecule has 1 unspecified atom stereocenters. The predicted octanol–water partition coefficient (Wildman–Crippen LogP) is 0.869. The molecule has 0 bridgehead atoms. The highest BCUT2D eigenvalue weighted by atomic mass is 16.5. The summed E-state index contributed by atoms with van der Waals surface area (Å²) in [5.41, 5.74) is 7.15. The van der Waals surface area contributed by atoms with Crippen LogP contribution >= 0.6 is 0 Å². The van der Waals surface area contributed by atoms with E-state index >= 15 is 0 Å². The maximum atomic E-state index is 11.7. The molecule has 0 spiro atoms. The molecule has 0 saturated carbocycles. The van der Waals surface area contributed by atoms with Gasteiger partial charge in [0.15, 0.2) is 0 Å². The fourth-order valence-corrected chi connectivity index (χ4v) is 1.53. The largest absolute Gasteiger partial charge is 0.469 e. The van der Waals surface area contributed by atoms with Crippen LogP contribution in [0.25, 0.3) is 0 Å². The molecule has 0 heterocycles. The lowest BCUT2D eigenvalue weighted by molar-refractivity contribution is -0.140. The van der Waals surface area contributed by atoms with E-state index in [1.54, 1.807) is 12.1 Å². The van der Waals surface area contributed by atoms with Gasteiger partial charge in [-0.2, -0.15) is 0 Å². The van der Waals surface area contributed by atoms with Gasteiger partial charge in [0.2, 0.25) is 0 Å². The molecule has 0 saturated heterocycles. The van der Waals surface area contributed by atoms with E-state index in [2.05, 4.69) is 10.1 Å². The topological polar surface area (TPSA) is 81.4 Å². The van der Waals surface area contributed by atoms with E-state index < -0.39 is 0 Å². The van der Waals surface area contributed by atoms with E-state index in [0.717, 1.165) is 5.56 Å². The molecule has 0 aromatic heterocycles. The molecular weight excluding hydrogens is 244 g/mol. The van der Waals surface area contributed by atoms with Crippen LogP contribution in [0.1, 0.15) is 29.3 Å². The number of hydrogen-bond acceptors (Lipinski definition) is 4. The molecule has 5 nitrogen and oxygen atoms in total. The van der Waals surface area contributed by atoms with Crippen LogP contribution in [0, 0.1) is 0 Å². The van der Waals surface area contributed by atoms with Gasteiger partial charge in [-0.1, -0.05) is 12.1 Å². The molecular formula is C14H20N2O3. The summed E-state index contributed by atoms with van der Waals surface area (Å²) >= 11 is 0. The molecule has 1 aromatic rings. The van der Waals surface area contributed by atoms with Crippen molar-refractivity contribution in [1.82, 2.24) is 5.32 Å². The first-order valence-electron chi connectivity index (χ1n) is 6.22. The molecule has 104 valence electrons. The van der Waals surface area contributed by atoms with E-state index in [0.29, 0.717) is 24.9 Å². The van der Waals surface area contributed by atoms with Crippen LogP contribution in [0.5, 0.6) is 0 Å². The number of hydrogen-bond donors (Lipinski definition) is 2. The minimum absolute atomic E-state index is 0.0664. The van der Waals surface area contributed by atoms with E-state index in [-0.39, 0.29) is 17.9 Å². The van der Waals surface area contributed by atoms with Gasteiger partial charge < -0.3 is 15.8 Å². The lowest BCUT2D eigenvalue weighted by atomic mass is 10.1. The summed E-state index contributed by atoms with van der Waals surface area (Å²) in [7, 11) is 1.37. The number of benzene rings is 1. The van der Waals surface area contributed by atoms with Gasteiger partial charge in [0.1, 0.15) is 0 Å². The van der Waals surface area contributed by atoms with Crippen LogP contribution in [0.4, 0.5) is 0 Å². The van der Waals surface area contributed by atoms with Crippen molar-refractivity contribution in [2.45, 2.75) is 25.8 Å². The standard InChI is InChI=1S/C14H20N2O3/c1-10(15)9-16-14(18)12-6-3-11(4-7-12)5-8-13(17)19-2/h3-4,6-7,10H,5,8-9,15H2,1-2H3,(H,16,18). The molecule has 0 aliphatic carbocycles. The third-order valence-electron chi connectivity index (χ3n) is 2.65. The maximum Gasteiger partial charge on any atom is 0.305 e. The minimum Gasteiger partial charge on any atom is -0.469 e. The van der Waals surface area contributed by atoms with Gasteiger partial charge in [0.25, 0.3) is 5.91 Å². The fraction of sp³-hybridized carbons (Fsp3) is 0.429. The molecule has 1 rings (SSSR count). The first kappa shape index (κ1) is 15.2. The van der Waals surface area contributed by atoms with Crippen LogP contribution in [0.15, 0.2) is 24.3 Å². The summed E-state index contributed by atoms with van der Waals surface area (Å²) in [4.78, 5) is 22.7. The summed E-state index contributed by atoms with van der Waals surface area (Å²) in [5.74, 6) is -0.379. The van der Waals surface area contributed by atoms with Gasteiger partial charge in [0.05, 0.1) is 7.11 Å². The van der Waals surface area contributed by atoms with E-state index in [1.165, 1.54) is 7.11 Å².